The van der Waals surface area contributed by atoms with Crippen molar-refractivity contribution in [3.05, 3.63) is 28.3 Å². The highest BCUT2D eigenvalue weighted by Crippen LogP contribution is 2.31. The van der Waals surface area contributed by atoms with Crippen molar-refractivity contribution in [3.8, 4) is 5.75 Å². The SMILES string of the molecule is COc1cc([N+](=O)[O-])ccc1N(C)S(=O)O. The van der Waals surface area contributed by atoms with E-state index in [0.29, 0.717) is 5.69 Å². The first-order valence-electron chi connectivity index (χ1n) is 4.14. The van der Waals surface area contributed by atoms with Crippen LogP contribution in [0.4, 0.5) is 11.4 Å². The average Bonchev–Trinajstić information content (AvgIpc) is 2.26. The molecule has 0 aromatic heterocycles. The van der Waals surface area contributed by atoms with Gasteiger partial charge in [-0.25, -0.2) is 4.21 Å². The van der Waals surface area contributed by atoms with Crippen LogP contribution in [-0.2, 0) is 11.3 Å². The summed E-state index contributed by atoms with van der Waals surface area (Å²) in [5.41, 5.74) is 0.159. The molecule has 0 radical (unpaired) electrons. The van der Waals surface area contributed by atoms with Crippen molar-refractivity contribution in [3.63, 3.8) is 0 Å². The minimum atomic E-state index is -2.21. The lowest BCUT2D eigenvalue weighted by molar-refractivity contribution is -0.384. The van der Waals surface area contributed by atoms with E-state index in [0.717, 1.165) is 4.31 Å². The summed E-state index contributed by atoms with van der Waals surface area (Å²) in [6, 6.07) is 3.78. The number of nitrogens with zero attached hydrogens (tertiary/aromatic N) is 2. The summed E-state index contributed by atoms with van der Waals surface area (Å²) >= 11 is -2.21. The highest BCUT2D eigenvalue weighted by molar-refractivity contribution is 7.80. The number of nitro groups is 1. The van der Waals surface area contributed by atoms with Crippen LogP contribution in [0.5, 0.6) is 5.75 Å². The first-order chi connectivity index (χ1) is 7.47. The van der Waals surface area contributed by atoms with Crippen molar-refractivity contribution in [2.45, 2.75) is 0 Å². The fourth-order valence-electron chi connectivity index (χ4n) is 1.12. The van der Waals surface area contributed by atoms with E-state index >= 15 is 0 Å². The normalized spacial score (nSPS) is 11.9. The van der Waals surface area contributed by atoms with Crippen LogP contribution in [0, 0.1) is 10.1 Å². The van der Waals surface area contributed by atoms with Crippen LogP contribution >= 0.6 is 0 Å². The second kappa shape index (κ2) is 4.90. The molecule has 1 unspecified atom stereocenters. The number of ether oxygens (including phenoxy) is 1. The number of anilines is 1. The number of rotatable bonds is 4. The summed E-state index contributed by atoms with van der Waals surface area (Å²) < 4.78 is 25.7. The van der Waals surface area contributed by atoms with Crippen molar-refractivity contribution < 1.29 is 18.4 Å². The molecule has 88 valence electrons. The van der Waals surface area contributed by atoms with Gasteiger partial charge in [0.2, 0.25) is 0 Å². The Morgan fingerprint density at radius 1 is 1.56 bits per heavy atom. The third-order valence-corrected chi connectivity index (χ3v) is 2.61. The Balaban J connectivity index is 3.21. The molecule has 0 aliphatic rings. The van der Waals surface area contributed by atoms with E-state index in [-0.39, 0.29) is 11.4 Å². The molecule has 1 rings (SSSR count). The molecule has 1 aromatic rings. The number of hydrogen-bond acceptors (Lipinski definition) is 4. The molecular weight excluding hydrogens is 236 g/mol. The Kier molecular flexibility index (Phi) is 3.80. The highest BCUT2D eigenvalue weighted by atomic mass is 32.2. The lowest BCUT2D eigenvalue weighted by Gasteiger charge is -2.16. The summed E-state index contributed by atoms with van der Waals surface area (Å²) in [4.78, 5) is 9.94. The molecule has 16 heavy (non-hydrogen) atoms. The summed E-state index contributed by atoms with van der Waals surface area (Å²) in [5, 5.41) is 10.5. The van der Waals surface area contributed by atoms with Gasteiger partial charge in [-0.15, -0.1) is 0 Å². The van der Waals surface area contributed by atoms with Gasteiger partial charge in [0.1, 0.15) is 5.75 Å². The molecular formula is C8H10N2O5S. The van der Waals surface area contributed by atoms with Gasteiger partial charge in [-0.05, 0) is 6.07 Å². The molecule has 0 bridgehead atoms. The van der Waals surface area contributed by atoms with Crippen molar-refractivity contribution in [1.29, 1.82) is 0 Å². The first kappa shape index (κ1) is 12.4. The Morgan fingerprint density at radius 2 is 2.19 bits per heavy atom. The van der Waals surface area contributed by atoms with E-state index in [9.17, 15) is 14.3 Å². The van der Waals surface area contributed by atoms with Crippen LogP contribution in [-0.4, -0.2) is 27.8 Å². The van der Waals surface area contributed by atoms with Crippen LogP contribution in [0.25, 0.3) is 0 Å². The van der Waals surface area contributed by atoms with Crippen LogP contribution in [0.1, 0.15) is 0 Å². The van der Waals surface area contributed by atoms with Crippen molar-refractivity contribution in [2.24, 2.45) is 0 Å². The van der Waals surface area contributed by atoms with Crippen LogP contribution in [0.15, 0.2) is 18.2 Å². The zero-order chi connectivity index (χ0) is 12.3. The summed E-state index contributed by atoms with van der Waals surface area (Å²) in [5.74, 6) is 0.166. The largest absolute Gasteiger partial charge is 0.494 e. The van der Waals surface area contributed by atoms with E-state index in [4.69, 9.17) is 9.29 Å². The average molecular weight is 246 g/mol. The maximum Gasteiger partial charge on any atom is 0.273 e. The van der Waals surface area contributed by atoms with E-state index in [2.05, 4.69) is 0 Å². The van der Waals surface area contributed by atoms with E-state index in [1.165, 1.54) is 32.4 Å². The van der Waals surface area contributed by atoms with Gasteiger partial charge in [0.25, 0.3) is 17.0 Å². The maximum atomic E-state index is 10.8. The zero-order valence-electron chi connectivity index (χ0n) is 8.61. The maximum absolute atomic E-state index is 10.8. The zero-order valence-corrected chi connectivity index (χ0v) is 9.43. The topological polar surface area (TPSA) is 92.9 Å². The molecule has 0 amide bonds. The van der Waals surface area contributed by atoms with Gasteiger partial charge in [-0.3, -0.25) is 19.0 Å². The van der Waals surface area contributed by atoms with Gasteiger partial charge in [0.05, 0.1) is 23.8 Å². The number of methoxy groups -OCH3 is 1. The summed E-state index contributed by atoms with van der Waals surface area (Å²) in [7, 11) is 2.70. The van der Waals surface area contributed by atoms with Crippen LogP contribution in [0.3, 0.4) is 0 Å². The molecule has 7 nitrogen and oxygen atoms in total. The predicted molar refractivity (Wildman–Crippen MR) is 58.8 cm³/mol. The van der Waals surface area contributed by atoms with Gasteiger partial charge >= 0.3 is 0 Å². The smallest absolute Gasteiger partial charge is 0.273 e. The fourth-order valence-corrected chi connectivity index (χ4v) is 1.44. The monoisotopic (exact) mass is 246 g/mol. The number of benzene rings is 1. The minimum Gasteiger partial charge on any atom is -0.494 e. The summed E-state index contributed by atoms with van der Waals surface area (Å²) in [6.07, 6.45) is 0. The third-order valence-electron chi connectivity index (χ3n) is 1.95. The van der Waals surface area contributed by atoms with E-state index < -0.39 is 16.2 Å². The molecule has 0 fully saturated rings. The van der Waals surface area contributed by atoms with Gasteiger partial charge in [-0.1, -0.05) is 0 Å². The standard InChI is InChI=1S/C8H10N2O5S/c1-9(16(13)14)7-4-3-6(10(11)12)5-8(7)15-2/h3-5H,1-2H3,(H,13,14). The fraction of sp³-hybridized carbons (Fsp3) is 0.250. The number of non-ortho nitro benzene ring substituents is 1. The molecule has 0 heterocycles. The Labute approximate surface area is 94.2 Å². The quantitative estimate of drug-likeness (QED) is 0.489. The van der Waals surface area contributed by atoms with Crippen LogP contribution < -0.4 is 9.04 Å². The van der Waals surface area contributed by atoms with Gasteiger partial charge < -0.3 is 4.74 Å². The summed E-state index contributed by atoms with van der Waals surface area (Å²) in [6.45, 7) is 0. The lowest BCUT2D eigenvalue weighted by atomic mass is 10.2. The predicted octanol–water partition coefficient (Wildman–Crippen LogP) is 1.18. The van der Waals surface area contributed by atoms with Gasteiger partial charge in [0, 0.05) is 13.1 Å². The Hall–Kier alpha value is -1.67. The minimum absolute atomic E-state index is 0.141. The third kappa shape index (κ3) is 2.47. The van der Waals surface area contributed by atoms with Gasteiger partial charge in [0.15, 0.2) is 0 Å². The molecule has 0 aliphatic heterocycles. The van der Waals surface area contributed by atoms with Crippen molar-refractivity contribution in [2.75, 3.05) is 18.5 Å². The molecule has 1 N–H and O–H groups in total. The van der Waals surface area contributed by atoms with E-state index in [1.807, 2.05) is 0 Å². The highest BCUT2D eigenvalue weighted by Gasteiger charge is 2.16. The van der Waals surface area contributed by atoms with E-state index in [1.54, 1.807) is 0 Å². The van der Waals surface area contributed by atoms with Gasteiger partial charge in [-0.2, -0.15) is 0 Å². The molecule has 1 aromatic carbocycles. The van der Waals surface area contributed by atoms with Crippen molar-refractivity contribution >= 4 is 22.6 Å². The second-order valence-electron chi connectivity index (χ2n) is 2.84. The van der Waals surface area contributed by atoms with Crippen molar-refractivity contribution in [1.82, 2.24) is 0 Å². The molecule has 1 atom stereocenters. The molecule has 0 aliphatic carbocycles. The number of hydrogen-bond donors (Lipinski definition) is 1. The first-order valence-corrected chi connectivity index (χ1v) is 5.21. The molecule has 0 saturated heterocycles. The molecule has 8 heteroatoms. The van der Waals surface area contributed by atoms with Crippen LogP contribution in [0.2, 0.25) is 0 Å². The molecule has 0 saturated carbocycles. The lowest BCUT2D eigenvalue weighted by Crippen LogP contribution is -2.19. The second-order valence-corrected chi connectivity index (χ2v) is 3.85. The molecule has 0 spiro atoms. The number of nitro benzene ring substituents is 1. The Morgan fingerprint density at radius 3 is 2.62 bits per heavy atom. The Bertz CT molecular complexity index is 436.